The number of ether oxygens (including phenoxy) is 1. The number of aromatic nitrogens is 2. The number of pyridine rings is 1. The van der Waals surface area contributed by atoms with Crippen LogP contribution in [0.5, 0.6) is 11.5 Å². The standard InChI is InChI=1S/C28H25BrN2O/c1-28(2,3)18-19-14-15-30-26(16-19)31-24-12-5-4-10-22(24)23-11-7-13-25(27(23)31)32-21-9-6-8-20(29)17-21/h4-17H,18H2,1-3H3/i18D2. The minimum atomic E-state index is -1.53. The fourth-order valence-electron chi connectivity index (χ4n) is 4.02. The van der Waals surface area contributed by atoms with Crippen LogP contribution in [0, 0.1) is 5.41 Å². The molecule has 5 rings (SSSR count). The summed E-state index contributed by atoms with van der Waals surface area (Å²) in [5, 5.41) is 2.14. The zero-order chi connectivity index (χ0) is 24.1. The average molecular weight is 487 g/mol. The third-order valence-corrected chi connectivity index (χ3v) is 5.67. The molecule has 0 saturated carbocycles. The minimum absolute atomic E-state index is 0.568. The van der Waals surface area contributed by atoms with Crippen LogP contribution in [0.1, 0.15) is 29.1 Å². The second-order valence-corrected chi connectivity index (χ2v) is 9.76. The molecule has 0 N–H and O–H groups in total. The predicted molar refractivity (Wildman–Crippen MR) is 136 cm³/mol. The van der Waals surface area contributed by atoms with Gasteiger partial charge in [-0.25, -0.2) is 4.98 Å². The van der Waals surface area contributed by atoms with Crippen molar-refractivity contribution in [3.8, 4) is 17.3 Å². The van der Waals surface area contributed by atoms with Crippen LogP contribution < -0.4 is 4.74 Å². The van der Waals surface area contributed by atoms with Crippen LogP contribution in [0.2, 0.25) is 0 Å². The van der Waals surface area contributed by atoms with Crippen molar-refractivity contribution in [1.82, 2.24) is 9.55 Å². The highest BCUT2D eigenvalue weighted by atomic mass is 79.9. The summed E-state index contributed by atoms with van der Waals surface area (Å²) in [5.74, 6) is 2.09. The second kappa shape index (κ2) is 8.10. The van der Waals surface area contributed by atoms with Gasteiger partial charge >= 0.3 is 0 Å². The van der Waals surface area contributed by atoms with E-state index in [-0.39, 0.29) is 0 Å². The normalized spacial score (nSPS) is 13.2. The lowest BCUT2D eigenvalue weighted by Gasteiger charge is -2.19. The van der Waals surface area contributed by atoms with E-state index in [1.807, 2.05) is 75.4 Å². The Morgan fingerprint density at radius 2 is 1.72 bits per heavy atom. The first-order chi connectivity index (χ1) is 16.2. The van der Waals surface area contributed by atoms with Gasteiger partial charge in [0.25, 0.3) is 0 Å². The van der Waals surface area contributed by atoms with Crippen LogP contribution in [-0.4, -0.2) is 9.55 Å². The molecule has 160 valence electrons. The molecule has 2 heterocycles. The van der Waals surface area contributed by atoms with E-state index < -0.39 is 11.8 Å². The number of fused-ring (bicyclic) bond motifs is 3. The zero-order valence-electron chi connectivity index (χ0n) is 20.3. The molecule has 0 aliphatic heterocycles. The van der Waals surface area contributed by atoms with E-state index in [0.717, 1.165) is 32.0 Å². The van der Waals surface area contributed by atoms with Crippen molar-refractivity contribution in [3.05, 3.63) is 95.1 Å². The summed E-state index contributed by atoms with van der Waals surface area (Å²) < 4.78 is 26.9. The van der Waals surface area contributed by atoms with Gasteiger partial charge in [0, 0.05) is 24.2 Å². The Morgan fingerprint density at radius 3 is 2.53 bits per heavy atom. The Kier molecular flexibility index (Phi) is 4.67. The predicted octanol–water partition coefficient (Wildman–Crippen LogP) is 8.32. The van der Waals surface area contributed by atoms with Gasteiger partial charge in [0.1, 0.15) is 11.6 Å². The number of rotatable bonds is 4. The van der Waals surface area contributed by atoms with Crippen molar-refractivity contribution in [2.75, 3.05) is 0 Å². The molecule has 0 atom stereocenters. The summed E-state index contributed by atoms with van der Waals surface area (Å²) in [6.45, 7) is 5.74. The fraction of sp³-hybridized carbons (Fsp3) is 0.179. The first-order valence-corrected chi connectivity index (χ1v) is 11.4. The van der Waals surface area contributed by atoms with Crippen molar-refractivity contribution >= 4 is 37.7 Å². The lowest BCUT2D eigenvalue weighted by Crippen LogP contribution is -2.10. The lowest BCUT2D eigenvalue weighted by atomic mass is 9.88. The number of para-hydroxylation sites is 2. The molecule has 4 heteroatoms. The van der Waals surface area contributed by atoms with E-state index in [2.05, 4.69) is 43.7 Å². The molecule has 3 nitrogen and oxygen atoms in total. The monoisotopic (exact) mass is 486 g/mol. The summed E-state index contributed by atoms with van der Waals surface area (Å²) in [7, 11) is 0. The molecule has 0 bridgehead atoms. The molecular formula is C28H25BrN2O. The highest BCUT2D eigenvalue weighted by molar-refractivity contribution is 9.10. The molecule has 0 radical (unpaired) electrons. The van der Waals surface area contributed by atoms with Gasteiger partial charge in [0.2, 0.25) is 0 Å². The Morgan fingerprint density at radius 1 is 0.938 bits per heavy atom. The zero-order valence-corrected chi connectivity index (χ0v) is 19.8. The van der Waals surface area contributed by atoms with E-state index >= 15 is 0 Å². The van der Waals surface area contributed by atoms with Crippen molar-refractivity contribution in [2.45, 2.75) is 27.1 Å². The van der Waals surface area contributed by atoms with Crippen LogP contribution in [0.25, 0.3) is 27.6 Å². The van der Waals surface area contributed by atoms with E-state index in [1.165, 1.54) is 0 Å². The maximum Gasteiger partial charge on any atom is 0.152 e. The fourth-order valence-corrected chi connectivity index (χ4v) is 4.39. The van der Waals surface area contributed by atoms with Gasteiger partial charge in [-0.2, -0.15) is 0 Å². The molecule has 32 heavy (non-hydrogen) atoms. The Bertz CT molecular complexity index is 1520. The van der Waals surface area contributed by atoms with E-state index in [0.29, 0.717) is 17.1 Å². The van der Waals surface area contributed by atoms with Gasteiger partial charge in [-0.3, -0.25) is 4.57 Å². The highest BCUT2D eigenvalue weighted by Gasteiger charge is 2.18. The number of halogens is 1. The summed E-state index contributed by atoms with van der Waals surface area (Å²) in [4.78, 5) is 4.67. The summed E-state index contributed by atoms with van der Waals surface area (Å²) >= 11 is 3.52. The molecule has 0 spiro atoms. The Hall–Kier alpha value is -3.11. The minimum Gasteiger partial charge on any atom is -0.455 e. The Labute approximate surface area is 199 Å². The number of hydrogen-bond donors (Lipinski definition) is 0. The first-order valence-electron chi connectivity index (χ1n) is 11.6. The second-order valence-electron chi connectivity index (χ2n) is 8.84. The smallest absolute Gasteiger partial charge is 0.152 e. The van der Waals surface area contributed by atoms with Crippen molar-refractivity contribution in [3.63, 3.8) is 0 Å². The lowest BCUT2D eigenvalue weighted by molar-refractivity contribution is 0.411. The first kappa shape index (κ1) is 18.5. The van der Waals surface area contributed by atoms with Crippen molar-refractivity contribution in [1.29, 1.82) is 0 Å². The van der Waals surface area contributed by atoms with E-state index in [1.54, 1.807) is 12.3 Å². The molecular weight excluding hydrogens is 460 g/mol. The van der Waals surface area contributed by atoms with E-state index in [9.17, 15) is 0 Å². The summed E-state index contributed by atoms with van der Waals surface area (Å²) in [6.07, 6.45) is 0.158. The third-order valence-electron chi connectivity index (χ3n) is 5.18. The van der Waals surface area contributed by atoms with Gasteiger partial charge in [-0.05, 0) is 59.8 Å². The van der Waals surface area contributed by atoms with Crippen molar-refractivity contribution < 1.29 is 7.48 Å². The van der Waals surface area contributed by atoms with E-state index in [4.69, 9.17) is 7.48 Å². The SMILES string of the molecule is [2H]C([2H])(c1ccnc(-n2c3ccccc3c3cccc(Oc4cccc(Br)c4)c32)c1)C(C)(C)C. The van der Waals surface area contributed by atoms with Crippen LogP contribution in [0.4, 0.5) is 0 Å². The maximum atomic E-state index is 8.78. The average Bonchev–Trinajstić information content (AvgIpc) is 3.14. The topological polar surface area (TPSA) is 27.1 Å². The highest BCUT2D eigenvalue weighted by Crippen LogP contribution is 2.39. The van der Waals surface area contributed by atoms with Gasteiger partial charge < -0.3 is 4.74 Å². The molecule has 0 unspecified atom stereocenters. The molecule has 2 aromatic heterocycles. The Balaban J connectivity index is 1.78. The molecule has 0 amide bonds. The molecule has 0 aliphatic carbocycles. The summed E-state index contributed by atoms with van der Waals surface area (Å²) in [6, 6.07) is 25.6. The molecule has 0 fully saturated rings. The maximum absolute atomic E-state index is 8.78. The summed E-state index contributed by atoms with van der Waals surface area (Å²) in [5.41, 5.74) is 1.91. The van der Waals surface area contributed by atoms with Crippen LogP contribution in [-0.2, 0) is 6.37 Å². The van der Waals surface area contributed by atoms with Gasteiger partial charge in [-0.1, -0.05) is 73.1 Å². The number of benzene rings is 3. The van der Waals surface area contributed by atoms with Crippen LogP contribution >= 0.6 is 15.9 Å². The van der Waals surface area contributed by atoms with Crippen molar-refractivity contribution in [2.24, 2.45) is 5.41 Å². The quantitative estimate of drug-likeness (QED) is 0.255. The molecule has 5 aromatic rings. The molecule has 0 aliphatic rings. The van der Waals surface area contributed by atoms with Crippen LogP contribution in [0.15, 0.2) is 89.5 Å². The third kappa shape index (κ3) is 4.03. The molecule has 0 saturated heterocycles. The molecule has 3 aromatic carbocycles. The van der Waals surface area contributed by atoms with Gasteiger partial charge in [0.05, 0.1) is 11.0 Å². The number of nitrogens with zero attached hydrogens (tertiary/aromatic N) is 2. The largest absolute Gasteiger partial charge is 0.455 e. The van der Waals surface area contributed by atoms with Gasteiger partial charge in [0.15, 0.2) is 5.75 Å². The van der Waals surface area contributed by atoms with Gasteiger partial charge in [-0.15, -0.1) is 0 Å². The number of hydrogen-bond acceptors (Lipinski definition) is 2. The van der Waals surface area contributed by atoms with Crippen LogP contribution in [0.3, 0.4) is 0 Å².